The maximum absolute atomic E-state index is 4.45. The van der Waals surface area contributed by atoms with Crippen LogP contribution in [0.5, 0.6) is 0 Å². The highest BCUT2D eigenvalue weighted by Crippen LogP contribution is 2.29. The summed E-state index contributed by atoms with van der Waals surface area (Å²) in [7, 11) is 0. The summed E-state index contributed by atoms with van der Waals surface area (Å²) in [5, 5.41) is 0. The first kappa shape index (κ1) is 12.3. The summed E-state index contributed by atoms with van der Waals surface area (Å²) in [5.41, 5.74) is 5.24. The van der Waals surface area contributed by atoms with Crippen molar-refractivity contribution < 1.29 is 0 Å². The number of halogens is 1. The van der Waals surface area contributed by atoms with Crippen LogP contribution in [0.2, 0.25) is 0 Å². The lowest BCUT2D eigenvalue weighted by Gasteiger charge is -2.13. The van der Waals surface area contributed by atoms with Crippen molar-refractivity contribution in [3.05, 3.63) is 52.3 Å². The molecule has 1 aromatic heterocycles. The smallest absolute Gasteiger partial charge is 0.109 e. The number of benzene rings is 1. The Balaban J connectivity index is 2.63. The van der Waals surface area contributed by atoms with Crippen molar-refractivity contribution in [1.29, 1.82) is 0 Å². The molecule has 0 saturated heterocycles. The van der Waals surface area contributed by atoms with Gasteiger partial charge < -0.3 is 0 Å². The van der Waals surface area contributed by atoms with Gasteiger partial charge in [0.15, 0.2) is 0 Å². The average Bonchev–Trinajstić information content (AvgIpc) is 2.39. The lowest BCUT2D eigenvalue weighted by molar-refractivity contribution is 0.998. The number of hydrogen-bond donors (Lipinski definition) is 0. The molecule has 0 aliphatic carbocycles. The van der Waals surface area contributed by atoms with E-state index in [2.05, 4.69) is 59.0 Å². The van der Waals surface area contributed by atoms with Gasteiger partial charge in [-0.2, -0.15) is 0 Å². The summed E-state index contributed by atoms with van der Waals surface area (Å²) in [6, 6.07) is 10.5. The molecule has 0 amide bonds. The Morgan fingerprint density at radius 1 is 1.00 bits per heavy atom. The highest BCUT2D eigenvalue weighted by atomic mass is 79.9. The quantitative estimate of drug-likeness (QED) is 0.751. The molecule has 0 atom stereocenters. The molecule has 0 radical (unpaired) electrons. The first-order chi connectivity index (χ1) is 8.27. The predicted octanol–water partition coefficient (Wildman–Crippen LogP) is 4.64. The molecule has 0 aliphatic rings. The largest absolute Gasteiger partial charge is 0.248 e. The van der Waals surface area contributed by atoms with Gasteiger partial charge in [-0.25, -0.2) is 4.98 Å². The molecule has 1 nitrogen and oxygen atoms in total. The fourth-order valence-electron chi connectivity index (χ4n) is 2.19. The summed E-state index contributed by atoms with van der Waals surface area (Å²) in [6.07, 6.45) is 4.02. The Hall–Kier alpha value is -1.15. The molecule has 0 aliphatic heterocycles. The van der Waals surface area contributed by atoms with Crippen molar-refractivity contribution in [3.63, 3.8) is 0 Å². The van der Waals surface area contributed by atoms with Gasteiger partial charge in [0.1, 0.15) is 4.60 Å². The Labute approximate surface area is 111 Å². The molecule has 0 fully saturated rings. The van der Waals surface area contributed by atoms with Crippen molar-refractivity contribution in [2.75, 3.05) is 0 Å². The van der Waals surface area contributed by atoms with Crippen LogP contribution in [-0.4, -0.2) is 4.98 Å². The number of pyridine rings is 1. The molecule has 0 bridgehead atoms. The normalized spacial score (nSPS) is 10.5. The maximum Gasteiger partial charge on any atom is 0.109 e. The van der Waals surface area contributed by atoms with E-state index in [9.17, 15) is 0 Å². The van der Waals surface area contributed by atoms with Crippen LogP contribution in [-0.2, 0) is 12.8 Å². The molecule has 17 heavy (non-hydrogen) atoms. The van der Waals surface area contributed by atoms with E-state index >= 15 is 0 Å². The molecule has 0 saturated carbocycles. The first-order valence-electron chi connectivity index (χ1n) is 5.99. The third-order valence-electron chi connectivity index (χ3n) is 3.04. The SMILES string of the molecule is CCc1c(-c2ccccc2)cnc(Br)c1CC. The molecule has 88 valence electrons. The van der Waals surface area contributed by atoms with Gasteiger partial charge in [-0.15, -0.1) is 0 Å². The van der Waals surface area contributed by atoms with Crippen LogP contribution in [0.3, 0.4) is 0 Å². The average molecular weight is 290 g/mol. The van der Waals surface area contributed by atoms with Crippen LogP contribution in [0.25, 0.3) is 11.1 Å². The molecule has 1 aromatic carbocycles. The van der Waals surface area contributed by atoms with Gasteiger partial charge in [0.25, 0.3) is 0 Å². The summed E-state index contributed by atoms with van der Waals surface area (Å²) >= 11 is 3.54. The molecule has 2 rings (SSSR count). The third kappa shape index (κ3) is 2.42. The molecule has 0 unspecified atom stereocenters. The fourth-order valence-corrected chi connectivity index (χ4v) is 2.82. The standard InChI is InChI=1S/C15H16BrN/c1-3-12-13(4-2)15(16)17-10-14(12)11-8-6-5-7-9-11/h5-10H,3-4H2,1-2H3. The van der Waals surface area contributed by atoms with E-state index in [0.29, 0.717) is 0 Å². The molecule has 0 spiro atoms. The number of rotatable bonds is 3. The summed E-state index contributed by atoms with van der Waals surface area (Å²) in [4.78, 5) is 4.45. The first-order valence-corrected chi connectivity index (χ1v) is 6.78. The van der Waals surface area contributed by atoms with E-state index in [0.717, 1.165) is 17.4 Å². The minimum absolute atomic E-state index is 0.983. The lowest BCUT2D eigenvalue weighted by atomic mass is 9.95. The van der Waals surface area contributed by atoms with E-state index in [1.54, 1.807) is 0 Å². The van der Waals surface area contributed by atoms with Crippen LogP contribution in [0.1, 0.15) is 25.0 Å². The van der Waals surface area contributed by atoms with Crippen LogP contribution in [0.15, 0.2) is 41.1 Å². The lowest BCUT2D eigenvalue weighted by Crippen LogP contribution is -1.98. The molecular weight excluding hydrogens is 274 g/mol. The van der Waals surface area contributed by atoms with Crippen LogP contribution in [0, 0.1) is 0 Å². The Morgan fingerprint density at radius 2 is 1.65 bits per heavy atom. The van der Waals surface area contributed by atoms with Gasteiger partial charge in [0.05, 0.1) is 0 Å². The second kappa shape index (κ2) is 5.46. The summed E-state index contributed by atoms with van der Waals surface area (Å²) < 4.78 is 0.983. The van der Waals surface area contributed by atoms with Crippen molar-refractivity contribution in [2.45, 2.75) is 26.7 Å². The van der Waals surface area contributed by atoms with Gasteiger partial charge in [0.2, 0.25) is 0 Å². The summed E-state index contributed by atoms with van der Waals surface area (Å²) in [6.45, 7) is 4.38. The number of nitrogens with zero attached hydrogens (tertiary/aromatic N) is 1. The van der Waals surface area contributed by atoms with Gasteiger partial charge >= 0.3 is 0 Å². The van der Waals surface area contributed by atoms with E-state index in [-0.39, 0.29) is 0 Å². The van der Waals surface area contributed by atoms with Gasteiger partial charge in [-0.05, 0) is 45.5 Å². The summed E-state index contributed by atoms with van der Waals surface area (Å²) in [5.74, 6) is 0. The molecule has 0 N–H and O–H groups in total. The topological polar surface area (TPSA) is 12.9 Å². The Bertz CT molecular complexity index is 506. The van der Waals surface area contributed by atoms with Gasteiger partial charge in [-0.1, -0.05) is 44.2 Å². The minimum atomic E-state index is 0.983. The second-order valence-corrected chi connectivity index (χ2v) is 4.74. The Morgan fingerprint density at radius 3 is 2.24 bits per heavy atom. The fraction of sp³-hybridized carbons (Fsp3) is 0.267. The predicted molar refractivity (Wildman–Crippen MR) is 76.1 cm³/mol. The number of hydrogen-bond acceptors (Lipinski definition) is 1. The molecule has 2 heteroatoms. The molecular formula is C15H16BrN. The van der Waals surface area contributed by atoms with Gasteiger partial charge in [-0.3, -0.25) is 0 Å². The van der Waals surface area contributed by atoms with E-state index < -0.39 is 0 Å². The zero-order valence-corrected chi connectivity index (χ0v) is 11.8. The van der Waals surface area contributed by atoms with Crippen molar-refractivity contribution in [1.82, 2.24) is 4.98 Å². The third-order valence-corrected chi connectivity index (χ3v) is 3.72. The monoisotopic (exact) mass is 289 g/mol. The van der Waals surface area contributed by atoms with Crippen LogP contribution in [0.4, 0.5) is 0 Å². The van der Waals surface area contributed by atoms with E-state index in [1.807, 2.05) is 12.3 Å². The maximum atomic E-state index is 4.45. The van der Waals surface area contributed by atoms with Crippen molar-refractivity contribution >= 4 is 15.9 Å². The van der Waals surface area contributed by atoms with Crippen LogP contribution < -0.4 is 0 Å². The highest BCUT2D eigenvalue weighted by Gasteiger charge is 2.11. The van der Waals surface area contributed by atoms with Crippen molar-refractivity contribution in [2.24, 2.45) is 0 Å². The van der Waals surface area contributed by atoms with E-state index in [1.165, 1.54) is 22.3 Å². The highest BCUT2D eigenvalue weighted by molar-refractivity contribution is 9.10. The number of aromatic nitrogens is 1. The Kier molecular flexibility index (Phi) is 3.95. The zero-order chi connectivity index (χ0) is 12.3. The van der Waals surface area contributed by atoms with E-state index in [4.69, 9.17) is 0 Å². The van der Waals surface area contributed by atoms with Crippen LogP contribution >= 0.6 is 15.9 Å². The zero-order valence-electron chi connectivity index (χ0n) is 10.2. The van der Waals surface area contributed by atoms with Gasteiger partial charge in [0, 0.05) is 11.8 Å². The minimum Gasteiger partial charge on any atom is -0.248 e. The van der Waals surface area contributed by atoms with Crippen molar-refractivity contribution in [3.8, 4) is 11.1 Å². The molecule has 1 heterocycles. The molecule has 2 aromatic rings. The second-order valence-electron chi connectivity index (χ2n) is 3.99.